The predicted octanol–water partition coefficient (Wildman–Crippen LogP) is 2.14. The molecule has 1 heterocycles. The van der Waals surface area contributed by atoms with Crippen LogP contribution in [0.4, 0.5) is 4.39 Å². The minimum Gasteiger partial charge on any atom is -0.350 e. The van der Waals surface area contributed by atoms with Gasteiger partial charge in [-0.15, -0.1) is 0 Å². The van der Waals surface area contributed by atoms with Crippen molar-refractivity contribution < 1.29 is 14.0 Å². The van der Waals surface area contributed by atoms with Crippen molar-refractivity contribution in [2.24, 2.45) is 0 Å². The van der Waals surface area contributed by atoms with Gasteiger partial charge >= 0.3 is 0 Å². The van der Waals surface area contributed by atoms with Gasteiger partial charge in [0.25, 0.3) is 0 Å². The molecule has 2 N–H and O–H groups in total. The molecule has 0 atom stereocenters. The lowest BCUT2D eigenvalue weighted by Gasteiger charge is -2.04. The zero-order valence-corrected chi connectivity index (χ0v) is 11.6. The molecule has 0 spiro atoms. The Morgan fingerprint density at radius 1 is 1.24 bits per heavy atom. The number of H-pyrrole nitrogens is 1. The molecule has 0 unspecified atom stereocenters. The van der Waals surface area contributed by atoms with Gasteiger partial charge in [-0.1, -0.05) is 0 Å². The third-order valence-electron chi connectivity index (χ3n) is 3.13. The highest BCUT2D eigenvalue weighted by Crippen LogP contribution is 2.07. The molecule has 0 radical (unpaired) electrons. The number of aromatic nitrogens is 2. The van der Waals surface area contributed by atoms with Crippen LogP contribution in [0.25, 0.3) is 0 Å². The summed E-state index contributed by atoms with van der Waals surface area (Å²) in [5.74, 6) is -0.785. The number of hydrogen-bond donors (Lipinski definition) is 2. The quantitative estimate of drug-likeness (QED) is 0.800. The number of carbonyl (C=O) groups is 2. The minimum absolute atomic E-state index is 0.0943. The van der Waals surface area contributed by atoms with Crippen LogP contribution in [0.3, 0.4) is 0 Å². The molecule has 2 rings (SSSR count). The molecule has 0 saturated carbocycles. The number of aromatic amines is 1. The van der Waals surface area contributed by atoms with Crippen molar-refractivity contribution in [1.29, 1.82) is 0 Å². The Labute approximate surface area is 121 Å². The van der Waals surface area contributed by atoms with Gasteiger partial charge in [-0.05, 0) is 31.2 Å². The largest absolute Gasteiger partial charge is 0.350 e. The molecule has 21 heavy (non-hydrogen) atoms. The van der Waals surface area contributed by atoms with Crippen molar-refractivity contribution >= 4 is 11.7 Å². The van der Waals surface area contributed by atoms with Crippen LogP contribution in [-0.4, -0.2) is 21.7 Å². The Hall–Kier alpha value is -2.50. The fourth-order valence-corrected chi connectivity index (χ4v) is 1.84. The maximum atomic E-state index is 12.7. The lowest BCUT2D eigenvalue weighted by Crippen LogP contribution is -2.23. The molecule has 0 aliphatic heterocycles. The third kappa shape index (κ3) is 4.24. The van der Waals surface area contributed by atoms with Gasteiger partial charge in [-0.25, -0.2) is 9.37 Å². The van der Waals surface area contributed by atoms with Gasteiger partial charge in [-0.2, -0.15) is 0 Å². The van der Waals surface area contributed by atoms with Crippen molar-refractivity contribution in [1.82, 2.24) is 15.3 Å². The van der Waals surface area contributed by atoms with Crippen LogP contribution < -0.4 is 5.32 Å². The van der Waals surface area contributed by atoms with Crippen molar-refractivity contribution in [3.05, 3.63) is 53.4 Å². The number of halogens is 1. The monoisotopic (exact) mass is 289 g/mol. The van der Waals surface area contributed by atoms with E-state index in [-0.39, 0.29) is 24.5 Å². The van der Waals surface area contributed by atoms with E-state index in [9.17, 15) is 14.0 Å². The standard InChI is InChI=1S/C15H16FN3O2/c1-10-13(19-9-18-10)8-17-15(21)7-6-14(20)11-2-4-12(16)5-3-11/h2-5,9H,6-8H2,1H3,(H,17,21)(H,18,19). The average molecular weight is 289 g/mol. The van der Waals surface area contributed by atoms with Crippen molar-refractivity contribution in [2.75, 3.05) is 0 Å². The summed E-state index contributed by atoms with van der Waals surface area (Å²) in [5.41, 5.74) is 2.08. The van der Waals surface area contributed by atoms with Crippen molar-refractivity contribution in [3.63, 3.8) is 0 Å². The SMILES string of the molecule is Cc1[nH]cnc1CNC(=O)CCC(=O)c1ccc(F)cc1. The Bertz CT molecular complexity index is 635. The van der Waals surface area contributed by atoms with E-state index >= 15 is 0 Å². The molecule has 0 aliphatic rings. The highest BCUT2D eigenvalue weighted by atomic mass is 19.1. The van der Waals surface area contributed by atoms with Gasteiger partial charge in [0.05, 0.1) is 18.6 Å². The van der Waals surface area contributed by atoms with E-state index < -0.39 is 5.82 Å². The van der Waals surface area contributed by atoms with Gasteiger partial charge in [-0.3, -0.25) is 9.59 Å². The molecule has 2 aromatic rings. The first-order valence-corrected chi connectivity index (χ1v) is 6.60. The van der Waals surface area contributed by atoms with Crippen LogP contribution in [0.2, 0.25) is 0 Å². The number of carbonyl (C=O) groups excluding carboxylic acids is 2. The molecular formula is C15H16FN3O2. The number of imidazole rings is 1. The van der Waals surface area contributed by atoms with Crippen LogP contribution in [0, 0.1) is 12.7 Å². The van der Waals surface area contributed by atoms with E-state index in [0.29, 0.717) is 12.1 Å². The summed E-state index contributed by atoms with van der Waals surface area (Å²) in [7, 11) is 0. The number of benzene rings is 1. The predicted molar refractivity (Wildman–Crippen MR) is 75.1 cm³/mol. The maximum absolute atomic E-state index is 12.7. The number of aryl methyl sites for hydroxylation is 1. The van der Waals surface area contributed by atoms with Crippen LogP contribution in [0.15, 0.2) is 30.6 Å². The number of Topliss-reactive ketones (excluding diaryl/α,β-unsaturated/α-hetero) is 1. The summed E-state index contributed by atoms with van der Waals surface area (Å²) in [6, 6.07) is 5.30. The fraction of sp³-hybridized carbons (Fsp3) is 0.267. The number of rotatable bonds is 6. The number of nitrogens with one attached hydrogen (secondary N) is 2. The summed E-state index contributed by atoms with van der Waals surface area (Å²) in [6.45, 7) is 2.20. The summed E-state index contributed by atoms with van der Waals surface area (Å²) in [5, 5.41) is 2.71. The first-order chi connectivity index (χ1) is 10.1. The van der Waals surface area contributed by atoms with Gasteiger partial charge in [0.1, 0.15) is 5.82 Å². The molecule has 6 heteroatoms. The zero-order valence-electron chi connectivity index (χ0n) is 11.6. The van der Waals surface area contributed by atoms with E-state index in [1.54, 1.807) is 6.33 Å². The van der Waals surface area contributed by atoms with E-state index in [4.69, 9.17) is 0 Å². The van der Waals surface area contributed by atoms with Crippen molar-refractivity contribution in [2.45, 2.75) is 26.3 Å². The van der Waals surface area contributed by atoms with Crippen LogP contribution in [-0.2, 0) is 11.3 Å². The Kier molecular flexibility index (Phi) is 4.81. The second kappa shape index (κ2) is 6.78. The van der Waals surface area contributed by atoms with Gasteiger partial charge < -0.3 is 10.3 Å². The third-order valence-corrected chi connectivity index (χ3v) is 3.13. The molecule has 0 bridgehead atoms. The number of ketones is 1. The van der Waals surface area contributed by atoms with Gasteiger partial charge in [0.15, 0.2) is 5.78 Å². The molecule has 5 nitrogen and oxygen atoms in total. The summed E-state index contributed by atoms with van der Waals surface area (Å²) in [4.78, 5) is 30.5. The van der Waals surface area contributed by atoms with Gasteiger partial charge in [0.2, 0.25) is 5.91 Å². The average Bonchev–Trinajstić information content (AvgIpc) is 2.88. The lowest BCUT2D eigenvalue weighted by molar-refractivity contribution is -0.121. The molecule has 1 aromatic heterocycles. The smallest absolute Gasteiger partial charge is 0.220 e. The molecule has 1 aromatic carbocycles. The molecule has 1 amide bonds. The maximum Gasteiger partial charge on any atom is 0.220 e. The molecule has 110 valence electrons. The van der Waals surface area contributed by atoms with Crippen molar-refractivity contribution in [3.8, 4) is 0 Å². The fourth-order valence-electron chi connectivity index (χ4n) is 1.84. The van der Waals surface area contributed by atoms with Crippen LogP contribution in [0.1, 0.15) is 34.6 Å². The summed E-state index contributed by atoms with van der Waals surface area (Å²) < 4.78 is 12.7. The number of amides is 1. The Balaban J connectivity index is 1.77. The molecule has 0 aliphatic carbocycles. The second-order valence-corrected chi connectivity index (χ2v) is 4.68. The zero-order chi connectivity index (χ0) is 15.2. The normalized spacial score (nSPS) is 10.4. The highest BCUT2D eigenvalue weighted by molar-refractivity contribution is 5.97. The van der Waals surface area contributed by atoms with E-state index in [1.807, 2.05) is 6.92 Å². The molecule has 0 saturated heterocycles. The summed E-state index contributed by atoms with van der Waals surface area (Å²) >= 11 is 0. The summed E-state index contributed by atoms with van der Waals surface area (Å²) in [6.07, 6.45) is 1.76. The van der Waals surface area contributed by atoms with E-state index in [2.05, 4.69) is 15.3 Å². The van der Waals surface area contributed by atoms with Crippen LogP contribution in [0.5, 0.6) is 0 Å². The first-order valence-electron chi connectivity index (χ1n) is 6.60. The Morgan fingerprint density at radius 3 is 2.57 bits per heavy atom. The topological polar surface area (TPSA) is 74.8 Å². The molecule has 0 fully saturated rings. The minimum atomic E-state index is -0.390. The number of nitrogens with zero attached hydrogens (tertiary/aromatic N) is 1. The lowest BCUT2D eigenvalue weighted by atomic mass is 10.1. The Morgan fingerprint density at radius 2 is 1.95 bits per heavy atom. The van der Waals surface area contributed by atoms with Crippen LogP contribution >= 0.6 is 0 Å². The molecular weight excluding hydrogens is 273 g/mol. The highest BCUT2D eigenvalue weighted by Gasteiger charge is 2.10. The van der Waals surface area contributed by atoms with Gasteiger partial charge in [0, 0.05) is 24.1 Å². The first kappa shape index (κ1) is 14.9. The number of hydrogen-bond acceptors (Lipinski definition) is 3. The van der Waals surface area contributed by atoms with E-state index in [1.165, 1.54) is 24.3 Å². The van der Waals surface area contributed by atoms with E-state index in [0.717, 1.165) is 11.4 Å². The second-order valence-electron chi connectivity index (χ2n) is 4.68.